The number of hydrogen-bond donors (Lipinski definition) is 4. The first-order chi connectivity index (χ1) is 11.1. The van der Waals surface area contributed by atoms with Crippen molar-refractivity contribution in [2.24, 2.45) is 5.73 Å². The summed E-state index contributed by atoms with van der Waals surface area (Å²) >= 11 is 0. The maximum Gasteiger partial charge on any atom is 0.418 e. The molecule has 2 rings (SSSR count). The van der Waals surface area contributed by atoms with Crippen molar-refractivity contribution < 1.29 is 31.6 Å². The number of nitrogens with zero attached hydrogens (tertiary/aromatic N) is 2. The molecule has 0 radical (unpaired) electrons. The minimum atomic E-state index is -4.84. The van der Waals surface area contributed by atoms with Gasteiger partial charge in [0.25, 0.3) is 5.91 Å². The fraction of sp³-hybridized carbons (Fsp3) is 0.727. The Hall–Kier alpha value is -1.96. The van der Waals surface area contributed by atoms with Gasteiger partial charge in [0.1, 0.15) is 6.04 Å². The van der Waals surface area contributed by atoms with Crippen molar-refractivity contribution in [1.82, 2.24) is 20.8 Å². The molecule has 0 saturated carbocycles. The van der Waals surface area contributed by atoms with E-state index in [9.17, 15) is 22.8 Å². The summed E-state index contributed by atoms with van der Waals surface area (Å²) in [6, 6.07) is -2.70. The molecule has 0 spiro atoms. The SMILES string of the molecule is CC(N)CC(=O)NNC(=O)[C@H]1CC[C@@H]2CN1C(=O)N2OS(=O)(=O)O. The molecule has 2 fully saturated rings. The number of hydrogen-bond acceptors (Lipinski definition) is 7. The molecular formula is C11H19N5O7S. The van der Waals surface area contributed by atoms with Gasteiger partial charge in [-0.2, -0.15) is 13.5 Å². The minimum absolute atomic E-state index is 0.0195. The molecule has 2 aliphatic rings. The third-order valence-corrected chi connectivity index (χ3v) is 3.98. The number of amides is 4. The second kappa shape index (κ2) is 6.88. The maximum atomic E-state index is 12.1. The molecule has 3 atom stereocenters. The predicted octanol–water partition coefficient (Wildman–Crippen LogP) is -2.13. The molecule has 12 nitrogen and oxygen atoms in total. The summed E-state index contributed by atoms with van der Waals surface area (Å²) in [6.07, 6.45) is 0.562. The number of hydrazine groups is 1. The highest BCUT2D eigenvalue weighted by molar-refractivity contribution is 7.80. The Balaban J connectivity index is 1.96. The van der Waals surface area contributed by atoms with Crippen molar-refractivity contribution in [3.05, 3.63) is 0 Å². The van der Waals surface area contributed by atoms with Crippen molar-refractivity contribution in [3.8, 4) is 0 Å². The third-order valence-electron chi connectivity index (χ3n) is 3.63. The number of rotatable bonds is 5. The van der Waals surface area contributed by atoms with Crippen molar-refractivity contribution in [2.75, 3.05) is 6.54 Å². The van der Waals surface area contributed by atoms with Crippen LogP contribution in [0.3, 0.4) is 0 Å². The van der Waals surface area contributed by atoms with Crippen molar-refractivity contribution in [2.45, 2.75) is 44.3 Å². The van der Waals surface area contributed by atoms with Crippen LogP contribution in [0.25, 0.3) is 0 Å². The summed E-state index contributed by atoms with van der Waals surface area (Å²) in [6.45, 7) is 1.70. The van der Waals surface area contributed by atoms with Gasteiger partial charge in [0.05, 0.1) is 6.04 Å². The van der Waals surface area contributed by atoms with E-state index in [1.165, 1.54) is 0 Å². The number of carbonyl (C=O) groups is 3. The molecule has 2 saturated heterocycles. The van der Waals surface area contributed by atoms with Gasteiger partial charge in [0, 0.05) is 19.0 Å². The van der Waals surface area contributed by atoms with Gasteiger partial charge < -0.3 is 10.6 Å². The number of nitrogens with one attached hydrogen (secondary N) is 2. The van der Waals surface area contributed by atoms with Crippen LogP contribution in [-0.4, -0.2) is 65.4 Å². The molecule has 13 heteroatoms. The van der Waals surface area contributed by atoms with E-state index in [1.807, 2.05) is 0 Å². The van der Waals surface area contributed by atoms with Crippen LogP contribution < -0.4 is 16.6 Å². The highest BCUT2D eigenvalue weighted by Crippen LogP contribution is 2.30. The van der Waals surface area contributed by atoms with Crippen LogP contribution in [0, 0.1) is 0 Å². The fourth-order valence-corrected chi connectivity index (χ4v) is 3.05. The molecule has 2 heterocycles. The molecule has 5 N–H and O–H groups in total. The normalized spacial score (nSPS) is 24.7. The average molecular weight is 365 g/mol. The molecule has 24 heavy (non-hydrogen) atoms. The van der Waals surface area contributed by atoms with Crippen molar-refractivity contribution >= 4 is 28.2 Å². The van der Waals surface area contributed by atoms with E-state index in [2.05, 4.69) is 15.1 Å². The highest BCUT2D eigenvalue weighted by Gasteiger charge is 2.49. The van der Waals surface area contributed by atoms with Gasteiger partial charge in [-0.05, 0) is 19.8 Å². The maximum absolute atomic E-state index is 12.1. The monoisotopic (exact) mass is 365 g/mol. The molecule has 1 unspecified atom stereocenters. The van der Waals surface area contributed by atoms with Gasteiger partial charge in [0.2, 0.25) is 5.91 Å². The van der Waals surface area contributed by atoms with E-state index in [-0.39, 0.29) is 25.4 Å². The van der Waals surface area contributed by atoms with E-state index < -0.39 is 40.3 Å². The Kier molecular flexibility index (Phi) is 5.27. The van der Waals surface area contributed by atoms with Crippen LogP contribution in [-0.2, 0) is 24.3 Å². The first-order valence-corrected chi connectivity index (χ1v) is 8.56. The van der Waals surface area contributed by atoms with Gasteiger partial charge in [-0.1, -0.05) is 0 Å². The largest absolute Gasteiger partial charge is 0.418 e. The van der Waals surface area contributed by atoms with Crippen molar-refractivity contribution in [1.29, 1.82) is 0 Å². The number of piperidine rings is 1. The van der Waals surface area contributed by atoms with Gasteiger partial charge in [-0.3, -0.25) is 25.0 Å². The zero-order valence-electron chi connectivity index (χ0n) is 12.8. The van der Waals surface area contributed by atoms with Gasteiger partial charge in [-0.25, -0.2) is 4.79 Å². The highest BCUT2D eigenvalue weighted by atomic mass is 32.3. The molecule has 0 aromatic rings. The molecule has 136 valence electrons. The molecule has 4 amide bonds. The first kappa shape index (κ1) is 18.4. The quantitative estimate of drug-likeness (QED) is 0.316. The zero-order valence-corrected chi connectivity index (χ0v) is 13.7. The van der Waals surface area contributed by atoms with Crippen LogP contribution in [0.5, 0.6) is 0 Å². The van der Waals surface area contributed by atoms with E-state index in [4.69, 9.17) is 10.3 Å². The lowest BCUT2D eigenvalue weighted by Gasteiger charge is -2.29. The summed E-state index contributed by atoms with van der Waals surface area (Å²) in [7, 11) is -4.84. The number of nitrogens with two attached hydrogens (primary N) is 1. The smallest absolute Gasteiger partial charge is 0.327 e. The number of fused-ring (bicyclic) bond motifs is 2. The predicted molar refractivity (Wildman–Crippen MR) is 77.9 cm³/mol. The van der Waals surface area contributed by atoms with Crippen LogP contribution in [0.15, 0.2) is 0 Å². The van der Waals surface area contributed by atoms with Gasteiger partial charge in [0.15, 0.2) is 0 Å². The zero-order chi connectivity index (χ0) is 18.1. The summed E-state index contributed by atoms with van der Waals surface area (Å²) in [4.78, 5) is 36.8. The van der Waals surface area contributed by atoms with E-state index in [1.54, 1.807) is 6.92 Å². The number of hydroxylamine groups is 2. The molecule has 2 aliphatic heterocycles. The van der Waals surface area contributed by atoms with Crippen LogP contribution in [0.2, 0.25) is 0 Å². The fourth-order valence-electron chi connectivity index (χ4n) is 2.66. The van der Waals surface area contributed by atoms with Crippen LogP contribution >= 0.6 is 0 Å². The Morgan fingerprint density at radius 2 is 2.08 bits per heavy atom. The average Bonchev–Trinajstić information content (AvgIpc) is 2.68. The Morgan fingerprint density at radius 3 is 2.67 bits per heavy atom. The Morgan fingerprint density at radius 1 is 1.42 bits per heavy atom. The second-order valence-corrected chi connectivity index (χ2v) is 6.73. The van der Waals surface area contributed by atoms with Crippen LogP contribution in [0.4, 0.5) is 4.79 Å². The molecular weight excluding hydrogens is 346 g/mol. The summed E-state index contributed by atoms with van der Waals surface area (Å²) in [5.74, 6) is -1.09. The summed E-state index contributed by atoms with van der Waals surface area (Å²) < 4.78 is 34.5. The van der Waals surface area contributed by atoms with E-state index >= 15 is 0 Å². The Labute approximate surface area is 138 Å². The van der Waals surface area contributed by atoms with Gasteiger partial charge >= 0.3 is 16.4 Å². The van der Waals surface area contributed by atoms with E-state index in [0.717, 1.165) is 4.90 Å². The standard InChI is InChI=1S/C11H19N5O7S/c1-6(12)4-9(17)13-14-10(18)8-3-2-7-5-15(8)11(19)16(7)23-24(20,21)22/h6-8H,2-5,12H2,1H3,(H,13,17)(H,14,18)(H,20,21,22)/t6?,7-,8-/m1/s1. The first-order valence-electron chi connectivity index (χ1n) is 7.19. The Bertz CT molecular complexity index is 637. The number of carbonyl (C=O) groups excluding carboxylic acids is 3. The van der Waals surface area contributed by atoms with E-state index in [0.29, 0.717) is 11.5 Å². The van der Waals surface area contributed by atoms with Gasteiger partial charge in [-0.15, -0.1) is 4.28 Å². The van der Waals surface area contributed by atoms with Crippen molar-refractivity contribution in [3.63, 3.8) is 0 Å². The minimum Gasteiger partial charge on any atom is -0.327 e. The third kappa shape index (κ3) is 4.31. The summed E-state index contributed by atoms with van der Waals surface area (Å²) in [5.41, 5.74) is 9.87. The second-order valence-electron chi connectivity index (χ2n) is 5.73. The van der Waals surface area contributed by atoms with Crippen LogP contribution in [0.1, 0.15) is 26.2 Å². The lowest BCUT2D eigenvalue weighted by molar-refractivity contribution is -0.132. The number of urea groups is 1. The molecule has 2 bridgehead atoms. The lowest BCUT2D eigenvalue weighted by atomic mass is 10.0. The lowest BCUT2D eigenvalue weighted by Crippen LogP contribution is -2.54. The molecule has 0 aromatic heterocycles. The molecule has 0 aromatic carbocycles. The summed E-state index contributed by atoms with van der Waals surface area (Å²) in [5, 5.41) is 0.539. The topological polar surface area (TPSA) is 171 Å². The molecule has 0 aliphatic carbocycles.